The van der Waals surface area contributed by atoms with Gasteiger partial charge in [-0.1, -0.05) is 67.3 Å². The third-order valence-corrected chi connectivity index (χ3v) is 6.59. The Kier molecular flexibility index (Phi) is 10.5. The maximum Gasteiger partial charge on any atom is 0.251 e. The van der Waals surface area contributed by atoms with E-state index in [1.807, 2.05) is 42.5 Å². The van der Waals surface area contributed by atoms with Crippen molar-refractivity contribution in [1.82, 2.24) is 4.98 Å². The maximum atomic E-state index is 15.1. The van der Waals surface area contributed by atoms with Crippen LogP contribution < -0.4 is 16.2 Å². The Labute approximate surface area is 212 Å². The number of nitrogens with zero attached hydrogens (tertiary/aromatic N) is 1. The summed E-state index contributed by atoms with van der Waals surface area (Å²) >= 11 is 6.43. The Bertz CT molecular complexity index is 1080. The lowest BCUT2D eigenvalue weighted by Crippen LogP contribution is -2.22. The zero-order valence-electron chi connectivity index (χ0n) is 20.2. The molecule has 1 aliphatic carbocycles. The Morgan fingerprint density at radius 2 is 1.83 bits per heavy atom. The van der Waals surface area contributed by atoms with Gasteiger partial charge in [-0.15, -0.1) is 0 Å². The number of hydrogen-bond donors (Lipinski definition) is 3. The molecule has 4 rings (SSSR count). The average Bonchev–Trinajstić information content (AvgIpc) is 2.87. The predicted molar refractivity (Wildman–Crippen MR) is 140 cm³/mol. The molecule has 0 saturated heterocycles. The smallest absolute Gasteiger partial charge is 0.251 e. The summed E-state index contributed by atoms with van der Waals surface area (Å²) in [5, 5.41) is 9.35. The summed E-state index contributed by atoms with van der Waals surface area (Å²) in [6.07, 6.45) is 8.20. The Morgan fingerprint density at radius 3 is 2.43 bits per heavy atom. The number of rotatable bonds is 7. The van der Waals surface area contributed by atoms with E-state index in [0.717, 1.165) is 11.1 Å². The quantitative estimate of drug-likeness (QED) is 0.394. The molecule has 3 aromatic rings. The van der Waals surface area contributed by atoms with Crippen LogP contribution in [0.5, 0.6) is 5.88 Å². The molecule has 0 bridgehead atoms. The van der Waals surface area contributed by atoms with Gasteiger partial charge in [-0.05, 0) is 48.6 Å². The molecule has 5 nitrogen and oxygen atoms in total. The summed E-state index contributed by atoms with van der Waals surface area (Å²) in [6.45, 7) is 1.91. The number of aromatic nitrogens is 1. The molecule has 188 valence electrons. The highest BCUT2D eigenvalue weighted by Gasteiger charge is 2.20. The minimum Gasteiger partial charge on any atom is -0.473 e. The van der Waals surface area contributed by atoms with Gasteiger partial charge >= 0.3 is 0 Å². The Balaban J connectivity index is 0.000000420. The van der Waals surface area contributed by atoms with Gasteiger partial charge < -0.3 is 21.3 Å². The maximum absolute atomic E-state index is 15.1. The minimum absolute atomic E-state index is 0.0347. The normalized spacial score (nSPS) is 14.7. The van der Waals surface area contributed by atoms with E-state index in [4.69, 9.17) is 32.9 Å². The van der Waals surface area contributed by atoms with E-state index in [1.54, 1.807) is 13.0 Å². The van der Waals surface area contributed by atoms with Crippen LogP contribution in [0.4, 0.5) is 4.39 Å². The molecule has 7 heteroatoms. The van der Waals surface area contributed by atoms with E-state index in [2.05, 4.69) is 4.98 Å². The molecule has 1 fully saturated rings. The van der Waals surface area contributed by atoms with Gasteiger partial charge in [-0.3, -0.25) is 0 Å². The highest BCUT2D eigenvalue weighted by atomic mass is 35.5. The molecule has 0 radical (unpaired) electrons. The lowest BCUT2D eigenvalue weighted by Gasteiger charge is -2.19. The van der Waals surface area contributed by atoms with Crippen LogP contribution in [0.25, 0.3) is 11.1 Å². The summed E-state index contributed by atoms with van der Waals surface area (Å²) < 4.78 is 20.3. The second-order valence-corrected chi connectivity index (χ2v) is 9.25. The number of aliphatic hydroxyl groups excluding tert-OH is 1. The second-order valence-electron chi connectivity index (χ2n) is 8.84. The van der Waals surface area contributed by atoms with Crippen molar-refractivity contribution in [1.29, 1.82) is 0 Å². The van der Waals surface area contributed by atoms with Gasteiger partial charge in [-0.2, -0.15) is 0 Å². The van der Waals surface area contributed by atoms with E-state index in [9.17, 15) is 0 Å². The fourth-order valence-corrected chi connectivity index (χ4v) is 4.58. The SMILES string of the molecule is Cc1cnc(OCCO)c(F)c1-c1cc(C(CN)c2ccccc2)ccc1Cl.NC1CCCCC1. The number of halogens is 2. The first-order chi connectivity index (χ1) is 17.0. The first-order valence-corrected chi connectivity index (χ1v) is 12.5. The summed E-state index contributed by atoms with van der Waals surface area (Å²) in [5.74, 6) is -0.793. The number of ether oxygens (including phenoxy) is 1. The van der Waals surface area contributed by atoms with Gasteiger partial charge in [0.2, 0.25) is 0 Å². The van der Waals surface area contributed by atoms with Gasteiger partial charge in [0.05, 0.1) is 6.61 Å². The Morgan fingerprint density at radius 1 is 1.11 bits per heavy atom. The van der Waals surface area contributed by atoms with Gasteiger partial charge in [0.15, 0.2) is 5.82 Å². The molecular formula is C28H35ClFN3O2. The highest BCUT2D eigenvalue weighted by molar-refractivity contribution is 6.33. The Hall–Kier alpha value is -2.51. The van der Waals surface area contributed by atoms with Crippen LogP contribution >= 0.6 is 11.6 Å². The van der Waals surface area contributed by atoms with E-state index in [-0.39, 0.29) is 25.0 Å². The molecule has 5 N–H and O–H groups in total. The largest absolute Gasteiger partial charge is 0.473 e. The van der Waals surface area contributed by atoms with Crippen molar-refractivity contribution in [3.8, 4) is 17.0 Å². The molecule has 0 aliphatic heterocycles. The molecule has 35 heavy (non-hydrogen) atoms. The summed E-state index contributed by atoms with van der Waals surface area (Å²) in [6, 6.07) is 16.0. The van der Waals surface area contributed by atoms with Gasteiger partial charge in [0, 0.05) is 40.9 Å². The lowest BCUT2D eigenvalue weighted by molar-refractivity contribution is 0.191. The van der Waals surface area contributed by atoms with Crippen molar-refractivity contribution >= 4 is 11.6 Å². The third-order valence-electron chi connectivity index (χ3n) is 6.26. The van der Waals surface area contributed by atoms with Crippen LogP contribution in [0.1, 0.15) is 54.7 Å². The van der Waals surface area contributed by atoms with Crippen molar-refractivity contribution in [3.05, 3.63) is 82.3 Å². The highest BCUT2D eigenvalue weighted by Crippen LogP contribution is 2.38. The monoisotopic (exact) mass is 499 g/mol. The minimum atomic E-state index is -0.600. The molecule has 1 heterocycles. The van der Waals surface area contributed by atoms with Crippen LogP contribution in [-0.2, 0) is 0 Å². The fraction of sp³-hybridized carbons (Fsp3) is 0.393. The fourth-order valence-electron chi connectivity index (χ4n) is 4.37. The van der Waals surface area contributed by atoms with E-state index >= 15 is 4.39 Å². The van der Waals surface area contributed by atoms with Gasteiger partial charge in [0.1, 0.15) is 6.61 Å². The number of aliphatic hydroxyl groups is 1. The molecule has 1 saturated carbocycles. The van der Waals surface area contributed by atoms with Crippen LogP contribution in [0.2, 0.25) is 5.02 Å². The molecule has 0 amide bonds. The van der Waals surface area contributed by atoms with Crippen molar-refractivity contribution in [2.45, 2.75) is 51.0 Å². The topological polar surface area (TPSA) is 94.4 Å². The molecule has 2 aromatic carbocycles. The number of hydrogen-bond acceptors (Lipinski definition) is 5. The number of nitrogens with two attached hydrogens (primary N) is 2. The number of aryl methyl sites for hydroxylation is 1. The zero-order valence-corrected chi connectivity index (χ0v) is 21.0. The standard InChI is InChI=1S/C22H22ClFN2O2.C6H13N/c1-14-13-26-22(28-10-9-27)21(24)20(14)17-11-16(7-8-19(17)23)18(12-25)15-5-3-2-4-6-15;7-6-4-2-1-3-5-6/h2-8,11,13,18,27H,9-10,12,25H2,1H3;6H,1-5,7H2. The van der Waals surface area contributed by atoms with Crippen molar-refractivity contribution in [3.63, 3.8) is 0 Å². The molecule has 1 unspecified atom stereocenters. The van der Waals surface area contributed by atoms with Gasteiger partial charge in [0.25, 0.3) is 5.88 Å². The van der Waals surface area contributed by atoms with Crippen molar-refractivity contribution in [2.24, 2.45) is 11.5 Å². The van der Waals surface area contributed by atoms with Crippen LogP contribution in [-0.4, -0.2) is 35.9 Å². The molecule has 0 spiro atoms. The average molecular weight is 500 g/mol. The lowest BCUT2D eigenvalue weighted by atomic mass is 9.89. The van der Waals surface area contributed by atoms with Gasteiger partial charge in [-0.25, -0.2) is 9.37 Å². The molecular weight excluding hydrogens is 465 g/mol. The zero-order chi connectivity index (χ0) is 25.2. The van der Waals surface area contributed by atoms with E-state index in [1.165, 1.54) is 38.3 Å². The predicted octanol–water partition coefficient (Wildman–Crippen LogP) is 5.59. The summed E-state index contributed by atoms with van der Waals surface area (Å²) in [4.78, 5) is 3.98. The van der Waals surface area contributed by atoms with Crippen LogP contribution in [0.3, 0.4) is 0 Å². The van der Waals surface area contributed by atoms with E-state index < -0.39 is 5.82 Å². The molecule has 1 aliphatic rings. The van der Waals surface area contributed by atoms with Crippen molar-refractivity contribution < 1.29 is 14.2 Å². The number of benzene rings is 2. The first kappa shape index (κ1) is 27.1. The molecule has 1 aromatic heterocycles. The summed E-state index contributed by atoms with van der Waals surface area (Å²) in [5.41, 5.74) is 15.2. The van der Waals surface area contributed by atoms with Crippen LogP contribution in [0.15, 0.2) is 54.7 Å². The number of pyridine rings is 1. The third kappa shape index (κ3) is 7.24. The first-order valence-electron chi connectivity index (χ1n) is 12.1. The van der Waals surface area contributed by atoms with E-state index in [0.29, 0.717) is 34.3 Å². The molecule has 1 atom stereocenters. The van der Waals surface area contributed by atoms with Crippen LogP contribution in [0, 0.1) is 12.7 Å². The summed E-state index contributed by atoms with van der Waals surface area (Å²) in [7, 11) is 0. The second kappa shape index (κ2) is 13.5. The van der Waals surface area contributed by atoms with Crippen molar-refractivity contribution in [2.75, 3.05) is 19.8 Å².